The zero-order chi connectivity index (χ0) is 15.0. The Morgan fingerprint density at radius 1 is 1.10 bits per heavy atom. The van der Waals surface area contributed by atoms with Gasteiger partial charge in [-0.2, -0.15) is 0 Å². The van der Waals surface area contributed by atoms with Gasteiger partial charge in [-0.1, -0.05) is 0 Å². The highest BCUT2D eigenvalue weighted by Crippen LogP contribution is 2.24. The molecule has 21 heavy (non-hydrogen) atoms. The molecule has 0 radical (unpaired) electrons. The van der Waals surface area contributed by atoms with Gasteiger partial charge in [0.15, 0.2) is 5.65 Å². The molecule has 0 bridgehead atoms. The lowest BCUT2D eigenvalue weighted by Gasteiger charge is -2.08. The topological polar surface area (TPSA) is 42.2 Å². The minimum absolute atomic E-state index is 0.0929. The first-order valence-corrected chi connectivity index (χ1v) is 7.49. The Kier molecular flexibility index (Phi) is 3.90. The predicted molar refractivity (Wildman–Crippen MR) is 82.1 cm³/mol. The number of imidazole rings is 1. The molecule has 8 heteroatoms. The Morgan fingerprint density at radius 3 is 2.71 bits per heavy atom. The number of fused-ring (bicyclic) bond motifs is 1. The van der Waals surface area contributed by atoms with Crippen LogP contribution >= 0.6 is 31.9 Å². The normalized spacial score (nSPS) is 11.0. The van der Waals surface area contributed by atoms with Gasteiger partial charge in [-0.3, -0.25) is 4.40 Å². The maximum atomic E-state index is 13.7. The van der Waals surface area contributed by atoms with E-state index in [4.69, 9.17) is 0 Å². The molecule has 4 nitrogen and oxygen atoms in total. The second-order valence-electron chi connectivity index (χ2n) is 4.29. The van der Waals surface area contributed by atoms with E-state index in [1.165, 1.54) is 0 Å². The minimum atomic E-state index is -0.528. The largest absolute Gasteiger partial charge is 0.377 e. The Hall–Kier alpha value is -1.54. The van der Waals surface area contributed by atoms with Gasteiger partial charge in [0.25, 0.3) is 0 Å². The van der Waals surface area contributed by atoms with E-state index in [-0.39, 0.29) is 10.2 Å². The van der Waals surface area contributed by atoms with Crippen molar-refractivity contribution in [2.45, 2.75) is 6.54 Å². The fourth-order valence-electron chi connectivity index (χ4n) is 1.89. The van der Waals surface area contributed by atoms with Crippen molar-refractivity contribution in [2.75, 3.05) is 5.32 Å². The highest BCUT2D eigenvalue weighted by Gasteiger charge is 2.09. The standard InChI is InChI=1S/C13H8Br2F2N4/c14-8-1-10(17)11(2-9(8)16)18-3-7-4-20-13-5-19-12(15)6-21(7)13/h1-2,4-6,18H,3H2. The molecular weight excluding hydrogens is 410 g/mol. The number of hydrogen-bond donors (Lipinski definition) is 1. The molecule has 0 aliphatic rings. The third-order valence-electron chi connectivity index (χ3n) is 2.91. The van der Waals surface area contributed by atoms with Crippen molar-refractivity contribution in [1.82, 2.24) is 14.4 Å². The van der Waals surface area contributed by atoms with Gasteiger partial charge in [0.2, 0.25) is 0 Å². The fraction of sp³-hybridized carbons (Fsp3) is 0.0769. The smallest absolute Gasteiger partial charge is 0.155 e. The van der Waals surface area contributed by atoms with E-state index in [1.807, 2.05) is 4.40 Å². The number of nitrogens with zero attached hydrogens (tertiary/aromatic N) is 3. The summed E-state index contributed by atoms with van der Waals surface area (Å²) in [5, 5.41) is 2.86. The van der Waals surface area contributed by atoms with Crippen molar-refractivity contribution in [3.63, 3.8) is 0 Å². The number of nitrogens with one attached hydrogen (secondary N) is 1. The molecule has 0 saturated heterocycles. The van der Waals surface area contributed by atoms with Gasteiger partial charge >= 0.3 is 0 Å². The molecule has 0 spiro atoms. The Balaban J connectivity index is 1.87. The monoisotopic (exact) mass is 416 g/mol. The molecule has 3 rings (SSSR count). The molecule has 0 atom stereocenters. The third kappa shape index (κ3) is 2.91. The Morgan fingerprint density at radius 2 is 1.90 bits per heavy atom. The summed E-state index contributed by atoms with van der Waals surface area (Å²) in [5.74, 6) is -1.05. The van der Waals surface area contributed by atoms with Crippen LogP contribution in [0.2, 0.25) is 0 Å². The highest BCUT2D eigenvalue weighted by molar-refractivity contribution is 9.10. The summed E-state index contributed by atoms with van der Waals surface area (Å²) < 4.78 is 29.8. The van der Waals surface area contributed by atoms with E-state index in [2.05, 4.69) is 47.1 Å². The lowest BCUT2D eigenvalue weighted by Crippen LogP contribution is -2.05. The molecule has 0 unspecified atom stereocenters. The predicted octanol–water partition coefficient (Wildman–Crippen LogP) is 4.14. The quantitative estimate of drug-likeness (QED) is 0.651. The summed E-state index contributed by atoms with van der Waals surface area (Å²) in [6.07, 6.45) is 5.04. The molecule has 0 aliphatic carbocycles. The summed E-state index contributed by atoms with van der Waals surface area (Å²) in [7, 11) is 0. The molecule has 1 aromatic carbocycles. The molecule has 0 amide bonds. The maximum Gasteiger partial charge on any atom is 0.155 e. The Bertz CT molecular complexity index is 819. The number of rotatable bonds is 3. The highest BCUT2D eigenvalue weighted by atomic mass is 79.9. The molecule has 1 N–H and O–H groups in total. The molecule has 3 aromatic rings. The number of hydrogen-bond acceptors (Lipinski definition) is 3. The second kappa shape index (κ2) is 5.69. The average molecular weight is 418 g/mol. The van der Waals surface area contributed by atoms with E-state index in [0.717, 1.165) is 17.8 Å². The van der Waals surface area contributed by atoms with Crippen LogP contribution in [-0.2, 0) is 6.54 Å². The lowest BCUT2D eigenvalue weighted by molar-refractivity contribution is 0.596. The molecule has 2 heterocycles. The number of aromatic nitrogens is 3. The van der Waals surface area contributed by atoms with Gasteiger partial charge in [0.05, 0.1) is 34.8 Å². The zero-order valence-electron chi connectivity index (χ0n) is 10.4. The van der Waals surface area contributed by atoms with Crippen molar-refractivity contribution in [3.8, 4) is 0 Å². The summed E-state index contributed by atoms with van der Waals surface area (Å²) >= 11 is 6.22. The lowest BCUT2D eigenvalue weighted by atomic mass is 10.3. The average Bonchev–Trinajstić information content (AvgIpc) is 2.84. The van der Waals surface area contributed by atoms with Crippen LogP contribution in [-0.4, -0.2) is 14.4 Å². The molecule has 2 aromatic heterocycles. The molecule has 0 aliphatic heterocycles. The summed E-state index contributed by atoms with van der Waals surface area (Å²) in [6.45, 7) is 0.301. The SMILES string of the molecule is Fc1cc(NCc2cnc3cnc(Br)cn23)c(F)cc1Br. The van der Waals surface area contributed by atoms with E-state index in [1.54, 1.807) is 18.6 Å². The van der Waals surface area contributed by atoms with Crippen LogP contribution < -0.4 is 5.32 Å². The zero-order valence-corrected chi connectivity index (χ0v) is 13.6. The van der Waals surface area contributed by atoms with Crippen LogP contribution in [0.15, 0.2) is 39.8 Å². The van der Waals surface area contributed by atoms with Crippen molar-refractivity contribution in [1.29, 1.82) is 0 Å². The van der Waals surface area contributed by atoms with Crippen molar-refractivity contribution >= 4 is 43.2 Å². The first-order valence-electron chi connectivity index (χ1n) is 5.90. The van der Waals surface area contributed by atoms with Crippen LogP contribution in [0.3, 0.4) is 0 Å². The van der Waals surface area contributed by atoms with Gasteiger partial charge in [-0.05, 0) is 37.9 Å². The molecule has 0 fully saturated rings. The molecule has 108 valence electrons. The third-order valence-corrected chi connectivity index (χ3v) is 3.93. The van der Waals surface area contributed by atoms with E-state index in [9.17, 15) is 8.78 Å². The number of anilines is 1. The maximum absolute atomic E-state index is 13.7. The van der Waals surface area contributed by atoms with Crippen LogP contribution in [0.1, 0.15) is 5.69 Å². The second-order valence-corrected chi connectivity index (χ2v) is 5.95. The fourth-order valence-corrected chi connectivity index (χ4v) is 2.51. The van der Waals surface area contributed by atoms with Gasteiger partial charge in [-0.25, -0.2) is 18.7 Å². The number of benzene rings is 1. The van der Waals surface area contributed by atoms with Crippen LogP contribution in [0.25, 0.3) is 5.65 Å². The Labute approximate surface area is 135 Å². The van der Waals surface area contributed by atoms with E-state index >= 15 is 0 Å². The van der Waals surface area contributed by atoms with Gasteiger partial charge < -0.3 is 5.32 Å². The van der Waals surface area contributed by atoms with E-state index in [0.29, 0.717) is 16.8 Å². The molecular formula is C13H8Br2F2N4. The van der Waals surface area contributed by atoms with E-state index < -0.39 is 11.6 Å². The van der Waals surface area contributed by atoms with Crippen LogP contribution in [0.5, 0.6) is 0 Å². The van der Waals surface area contributed by atoms with Gasteiger partial charge in [0, 0.05) is 12.3 Å². The van der Waals surface area contributed by atoms with Crippen LogP contribution in [0.4, 0.5) is 14.5 Å². The molecule has 0 saturated carbocycles. The summed E-state index contributed by atoms with van der Waals surface area (Å²) in [4.78, 5) is 8.26. The van der Waals surface area contributed by atoms with Crippen molar-refractivity contribution < 1.29 is 8.78 Å². The first-order chi connectivity index (χ1) is 10.0. The first kappa shape index (κ1) is 14.4. The number of halogens is 4. The summed E-state index contributed by atoms with van der Waals surface area (Å²) in [6, 6.07) is 2.20. The minimum Gasteiger partial charge on any atom is -0.377 e. The van der Waals surface area contributed by atoms with Crippen molar-refractivity contribution in [3.05, 3.63) is 57.1 Å². The van der Waals surface area contributed by atoms with Crippen molar-refractivity contribution in [2.24, 2.45) is 0 Å². The summed E-state index contributed by atoms with van der Waals surface area (Å²) in [5.41, 5.74) is 1.58. The van der Waals surface area contributed by atoms with Gasteiger partial charge in [-0.15, -0.1) is 0 Å². The van der Waals surface area contributed by atoms with Gasteiger partial charge in [0.1, 0.15) is 16.2 Å². The van der Waals surface area contributed by atoms with Crippen LogP contribution in [0, 0.1) is 11.6 Å².